The fourth-order valence-corrected chi connectivity index (χ4v) is 2.63. The van der Waals surface area contributed by atoms with Crippen molar-refractivity contribution in [1.82, 2.24) is 0 Å². The van der Waals surface area contributed by atoms with E-state index in [0.29, 0.717) is 10.4 Å². The highest BCUT2D eigenvalue weighted by Crippen LogP contribution is 2.34. The lowest BCUT2D eigenvalue weighted by molar-refractivity contribution is 0.279. The Kier molecular flexibility index (Phi) is 3.99. The van der Waals surface area contributed by atoms with Crippen LogP contribution in [0.15, 0.2) is 18.2 Å². The lowest BCUT2D eigenvalue weighted by Crippen LogP contribution is -2.38. The molecule has 0 unspecified atom stereocenters. The first-order valence-electron chi connectivity index (χ1n) is 6.66. The minimum atomic E-state index is 0.429. The van der Waals surface area contributed by atoms with Gasteiger partial charge in [-0.05, 0) is 30.4 Å². The number of ether oxygens (including phenoxy) is 1. The zero-order chi connectivity index (χ0) is 14.0. The standard InChI is InChI=1S/C15H22N2OS/c1-15(2)6-8-17(9-7-15)13-10-11(18-3)4-5-12(13)14(16)19/h4-5,10H,6-9H2,1-3H3,(H2,16,19). The molecule has 1 fully saturated rings. The minimum Gasteiger partial charge on any atom is -0.497 e. The number of piperidine rings is 1. The van der Waals surface area contributed by atoms with Crippen LogP contribution in [0, 0.1) is 5.41 Å². The van der Waals surface area contributed by atoms with Crippen LogP contribution in [0.3, 0.4) is 0 Å². The summed E-state index contributed by atoms with van der Waals surface area (Å²) in [7, 11) is 1.68. The lowest BCUT2D eigenvalue weighted by Gasteiger charge is -2.39. The molecule has 4 heteroatoms. The molecule has 0 aromatic heterocycles. The molecule has 0 aliphatic carbocycles. The van der Waals surface area contributed by atoms with Crippen LogP contribution in [-0.2, 0) is 0 Å². The first kappa shape index (κ1) is 14.1. The number of nitrogens with two attached hydrogens (primary N) is 1. The van der Waals surface area contributed by atoms with E-state index in [1.165, 1.54) is 12.8 Å². The predicted octanol–water partition coefficient (Wildman–Crippen LogP) is 2.96. The average Bonchev–Trinajstić information content (AvgIpc) is 2.38. The molecule has 1 heterocycles. The van der Waals surface area contributed by atoms with Crippen LogP contribution in [0.2, 0.25) is 0 Å². The summed E-state index contributed by atoms with van der Waals surface area (Å²) in [6.07, 6.45) is 2.36. The van der Waals surface area contributed by atoms with Gasteiger partial charge in [0.05, 0.1) is 12.8 Å². The normalized spacial score (nSPS) is 18.2. The van der Waals surface area contributed by atoms with Gasteiger partial charge in [0.2, 0.25) is 0 Å². The van der Waals surface area contributed by atoms with E-state index in [1.807, 2.05) is 18.2 Å². The zero-order valence-electron chi connectivity index (χ0n) is 11.9. The molecule has 0 amide bonds. The Bertz CT molecular complexity index is 475. The number of nitrogens with zero attached hydrogens (tertiary/aromatic N) is 1. The summed E-state index contributed by atoms with van der Waals surface area (Å²) in [5.41, 5.74) is 8.30. The van der Waals surface area contributed by atoms with Crippen molar-refractivity contribution in [3.8, 4) is 5.75 Å². The molecule has 104 valence electrons. The zero-order valence-corrected chi connectivity index (χ0v) is 12.7. The van der Waals surface area contributed by atoms with Gasteiger partial charge in [-0.25, -0.2) is 0 Å². The number of methoxy groups -OCH3 is 1. The third kappa shape index (κ3) is 3.18. The average molecular weight is 278 g/mol. The fraction of sp³-hybridized carbons (Fsp3) is 0.533. The molecule has 1 aromatic rings. The second-order valence-electron chi connectivity index (χ2n) is 5.90. The minimum absolute atomic E-state index is 0.429. The van der Waals surface area contributed by atoms with Crippen molar-refractivity contribution >= 4 is 22.9 Å². The molecule has 2 N–H and O–H groups in total. The Labute approximate surface area is 120 Å². The molecule has 1 saturated heterocycles. The highest BCUT2D eigenvalue weighted by Gasteiger charge is 2.26. The van der Waals surface area contributed by atoms with Crippen molar-refractivity contribution in [2.75, 3.05) is 25.1 Å². The lowest BCUT2D eigenvalue weighted by atomic mass is 9.82. The van der Waals surface area contributed by atoms with E-state index >= 15 is 0 Å². The number of hydrogen-bond donors (Lipinski definition) is 1. The van der Waals surface area contributed by atoms with Gasteiger partial charge in [-0.3, -0.25) is 0 Å². The quantitative estimate of drug-likeness (QED) is 0.863. The highest BCUT2D eigenvalue weighted by atomic mass is 32.1. The van der Waals surface area contributed by atoms with Gasteiger partial charge < -0.3 is 15.4 Å². The first-order chi connectivity index (χ1) is 8.93. The van der Waals surface area contributed by atoms with Crippen molar-refractivity contribution < 1.29 is 4.74 Å². The van der Waals surface area contributed by atoms with E-state index in [9.17, 15) is 0 Å². The van der Waals surface area contributed by atoms with Crippen LogP contribution in [-0.4, -0.2) is 25.2 Å². The summed E-state index contributed by atoms with van der Waals surface area (Å²) in [6.45, 7) is 6.72. The van der Waals surface area contributed by atoms with Crippen molar-refractivity contribution in [2.24, 2.45) is 11.1 Å². The van der Waals surface area contributed by atoms with Crippen LogP contribution >= 0.6 is 12.2 Å². The maximum atomic E-state index is 5.83. The second-order valence-corrected chi connectivity index (χ2v) is 6.34. The molecular formula is C15H22N2OS. The maximum absolute atomic E-state index is 5.83. The molecule has 0 spiro atoms. The Hall–Kier alpha value is -1.29. The molecule has 0 atom stereocenters. The third-order valence-corrected chi connectivity index (χ3v) is 4.15. The third-order valence-electron chi connectivity index (χ3n) is 3.93. The van der Waals surface area contributed by atoms with Crippen molar-refractivity contribution in [3.05, 3.63) is 23.8 Å². The number of benzene rings is 1. The summed E-state index contributed by atoms with van der Waals surface area (Å²) in [4.78, 5) is 2.81. The van der Waals surface area contributed by atoms with E-state index < -0.39 is 0 Å². The van der Waals surface area contributed by atoms with E-state index in [0.717, 1.165) is 30.1 Å². The van der Waals surface area contributed by atoms with E-state index in [2.05, 4.69) is 18.7 Å². The van der Waals surface area contributed by atoms with Gasteiger partial charge in [-0.2, -0.15) is 0 Å². The number of thiocarbonyl (C=S) groups is 1. The second kappa shape index (κ2) is 5.37. The molecule has 1 aliphatic rings. The van der Waals surface area contributed by atoms with Gasteiger partial charge >= 0.3 is 0 Å². The molecule has 1 aliphatic heterocycles. The smallest absolute Gasteiger partial charge is 0.120 e. The van der Waals surface area contributed by atoms with Crippen LogP contribution in [0.25, 0.3) is 0 Å². The Balaban J connectivity index is 2.30. The van der Waals surface area contributed by atoms with Crippen LogP contribution in [0.1, 0.15) is 32.3 Å². The molecule has 3 nitrogen and oxygen atoms in total. The SMILES string of the molecule is COc1ccc(C(N)=S)c(N2CCC(C)(C)CC2)c1. The van der Waals surface area contributed by atoms with Crippen LogP contribution in [0.4, 0.5) is 5.69 Å². The first-order valence-corrected chi connectivity index (χ1v) is 7.06. The summed E-state index contributed by atoms with van der Waals surface area (Å²) in [5.74, 6) is 0.847. The largest absolute Gasteiger partial charge is 0.497 e. The Morgan fingerprint density at radius 1 is 1.32 bits per heavy atom. The predicted molar refractivity (Wildman–Crippen MR) is 84.1 cm³/mol. The Morgan fingerprint density at radius 3 is 2.47 bits per heavy atom. The summed E-state index contributed by atoms with van der Waals surface area (Å²) in [6, 6.07) is 5.90. The van der Waals surface area contributed by atoms with Gasteiger partial charge in [0, 0.05) is 24.7 Å². The van der Waals surface area contributed by atoms with Crippen LogP contribution in [0.5, 0.6) is 5.75 Å². The maximum Gasteiger partial charge on any atom is 0.120 e. The van der Waals surface area contributed by atoms with E-state index in [1.54, 1.807) is 7.11 Å². The monoisotopic (exact) mass is 278 g/mol. The molecular weight excluding hydrogens is 256 g/mol. The summed E-state index contributed by atoms with van der Waals surface area (Å²) >= 11 is 5.15. The highest BCUT2D eigenvalue weighted by molar-refractivity contribution is 7.80. The summed E-state index contributed by atoms with van der Waals surface area (Å²) < 4.78 is 5.31. The van der Waals surface area contributed by atoms with E-state index in [-0.39, 0.29) is 0 Å². The number of rotatable bonds is 3. The molecule has 1 aromatic carbocycles. The summed E-state index contributed by atoms with van der Waals surface area (Å²) in [5, 5.41) is 0. The van der Waals surface area contributed by atoms with Crippen molar-refractivity contribution in [1.29, 1.82) is 0 Å². The van der Waals surface area contributed by atoms with Crippen molar-refractivity contribution in [3.63, 3.8) is 0 Å². The fourth-order valence-electron chi connectivity index (χ4n) is 2.46. The Morgan fingerprint density at radius 2 is 1.95 bits per heavy atom. The van der Waals surface area contributed by atoms with E-state index in [4.69, 9.17) is 22.7 Å². The molecule has 2 rings (SSSR count). The van der Waals surface area contributed by atoms with Gasteiger partial charge in [0.15, 0.2) is 0 Å². The van der Waals surface area contributed by atoms with Gasteiger partial charge in [0.25, 0.3) is 0 Å². The molecule has 0 radical (unpaired) electrons. The number of hydrogen-bond acceptors (Lipinski definition) is 3. The van der Waals surface area contributed by atoms with Crippen LogP contribution < -0.4 is 15.4 Å². The van der Waals surface area contributed by atoms with Gasteiger partial charge in [0.1, 0.15) is 10.7 Å². The molecule has 19 heavy (non-hydrogen) atoms. The topological polar surface area (TPSA) is 38.5 Å². The molecule has 0 bridgehead atoms. The van der Waals surface area contributed by atoms with Gasteiger partial charge in [-0.15, -0.1) is 0 Å². The number of anilines is 1. The molecule has 0 saturated carbocycles. The van der Waals surface area contributed by atoms with Gasteiger partial charge in [-0.1, -0.05) is 26.1 Å². The van der Waals surface area contributed by atoms with Crippen molar-refractivity contribution in [2.45, 2.75) is 26.7 Å².